The highest BCUT2D eigenvalue weighted by Crippen LogP contribution is 2.10. The highest BCUT2D eigenvalue weighted by Gasteiger charge is 2.15. The molecule has 0 fully saturated rings. The lowest BCUT2D eigenvalue weighted by Crippen LogP contribution is -2.31. The van der Waals surface area contributed by atoms with Gasteiger partial charge in [-0.3, -0.25) is 9.59 Å². The number of nitrogens with zero attached hydrogens (tertiary/aromatic N) is 1. The fraction of sp³-hybridized carbons (Fsp3) is 0.333. The lowest BCUT2D eigenvalue weighted by atomic mass is 10.1. The summed E-state index contributed by atoms with van der Waals surface area (Å²) in [5, 5.41) is 11.2. The molecule has 0 atom stereocenters. The summed E-state index contributed by atoms with van der Waals surface area (Å²) >= 11 is 0. The quantitative estimate of drug-likeness (QED) is 0.773. The summed E-state index contributed by atoms with van der Waals surface area (Å²) < 4.78 is 0. The van der Waals surface area contributed by atoms with E-state index in [1.807, 2.05) is 0 Å². The third-order valence-electron chi connectivity index (χ3n) is 2.76. The number of amides is 2. The largest absolute Gasteiger partial charge is 0.384 e. The normalized spacial score (nSPS) is 9.35. The minimum atomic E-state index is -0.255. The summed E-state index contributed by atoms with van der Waals surface area (Å²) in [6.45, 7) is 0.0787. The Bertz CT molecular complexity index is 544. The molecule has 1 aromatic carbocycles. The van der Waals surface area contributed by atoms with Crippen LogP contribution in [0.25, 0.3) is 0 Å². The predicted octanol–water partition coefficient (Wildman–Crippen LogP) is 0.238. The Kier molecular flexibility index (Phi) is 6.27. The number of carbonyl (C=O) groups is 2. The molecule has 1 rings (SSSR count). The van der Waals surface area contributed by atoms with Gasteiger partial charge < -0.3 is 15.3 Å². The highest BCUT2D eigenvalue weighted by molar-refractivity contribution is 5.96. The molecule has 2 amide bonds. The Labute approximate surface area is 118 Å². The summed E-state index contributed by atoms with van der Waals surface area (Å²) in [6, 6.07) is 6.94. The van der Waals surface area contributed by atoms with Gasteiger partial charge in [0.15, 0.2) is 0 Å². The van der Waals surface area contributed by atoms with Crippen molar-refractivity contribution in [3.05, 3.63) is 35.4 Å². The molecule has 1 aromatic rings. The first-order chi connectivity index (χ1) is 9.60. The Morgan fingerprint density at radius 2 is 2.05 bits per heavy atom. The molecule has 0 saturated carbocycles. The lowest BCUT2D eigenvalue weighted by Gasteiger charge is -2.17. The van der Waals surface area contributed by atoms with Crippen molar-refractivity contribution in [2.75, 3.05) is 27.2 Å². The molecule has 106 valence electrons. The fourth-order valence-corrected chi connectivity index (χ4v) is 1.61. The van der Waals surface area contributed by atoms with Gasteiger partial charge in [-0.25, -0.2) is 0 Å². The topological polar surface area (TPSA) is 69.6 Å². The van der Waals surface area contributed by atoms with E-state index in [1.165, 1.54) is 4.90 Å². The van der Waals surface area contributed by atoms with Crippen LogP contribution in [0.5, 0.6) is 0 Å². The number of nitrogens with one attached hydrogen (secondary N) is 1. The van der Waals surface area contributed by atoms with Gasteiger partial charge >= 0.3 is 0 Å². The second-order valence-corrected chi connectivity index (χ2v) is 4.16. The van der Waals surface area contributed by atoms with Crippen molar-refractivity contribution in [2.45, 2.75) is 6.42 Å². The van der Waals surface area contributed by atoms with Gasteiger partial charge in [0.2, 0.25) is 5.91 Å². The standard InChI is InChI=1S/C15H18N2O3/c1-16-14(19)9-10-17(2)15(20)13-8-4-3-6-12(13)7-5-11-18/h3-4,6,8,18H,9-11H2,1-2H3,(H,16,19). The van der Waals surface area contributed by atoms with Gasteiger partial charge in [0.25, 0.3) is 5.91 Å². The highest BCUT2D eigenvalue weighted by atomic mass is 16.2. The van der Waals surface area contributed by atoms with Crippen molar-refractivity contribution >= 4 is 11.8 Å². The van der Waals surface area contributed by atoms with Crippen molar-refractivity contribution < 1.29 is 14.7 Å². The monoisotopic (exact) mass is 274 g/mol. The van der Waals surface area contributed by atoms with E-state index < -0.39 is 0 Å². The van der Waals surface area contributed by atoms with Crippen LogP contribution in [-0.4, -0.2) is 49.1 Å². The minimum Gasteiger partial charge on any atom is -0.384 e. The maximum Gasteiger partial charge on any atom is 0.254 e. The second kappa shape index (κ2) is 7.97. The van der Waals surface area contributed by atoms with Crippen LogP contribution in [0.1, 0.15) is 22.3 Å². The number of aliphatic hydroxyl groups is 1. The lowest BCUT2D eigenvalue weighted by molar-refractivity contribution is -0.120. The van der Waals surface area contributed by atoms with E-state index in [1.54, 1.807) is 38.4 Å². The van der Waals surface area contributed by atoms with Crippen LogP contribution in [0.15, 0.2) is 24.3 Å². The third-order valence-corrected chi connectivity index (χ3v) is 2.76. The smallest absolute Gasteiger partial charge is 0.254 e. The Morgan fingerprint density at radius 1 is 1.35 bits per heavy atom. The van der Waals surface area contributed by atoms with E-state index in [0.29, 0.717) is 17.7 Å². The summed E-state index contributed by atoms with van der Waals surface area (Å²) in [5.41, 5.74) is 1.03. The van der Waals surface area contributed by atoms with Crippen LogP contribution >= 0.6 is 0 Å². The summed E-state index contributed by atoms with van der Waals surface area (Å²) in [4.78, 5) is 25.0. The Morgan fingerprint density at radius 3 is 2.70 bits per heavy atom. The number of rotatable bonds is 4. The molecule has 0 radical (unpaired) electrons. The molecule has 2 N–H and O–H groups in total. The molecular formula is C15H18N2O3. The molecular weight excluding hydrogens is 256 g/mol. The molecule has 0 spiro atoms. The zero-order chi connectivity index (χ0) is 15.0. The predicted molar refractivity (Wildman–Crippen MR) is 76.1 cm³/mol. The fourth-order valence-electron chi connectivity index (χ4n) is 1.61. The van der Waals surface area contributed by atoms with Gasteiger partial charge in [-0.05, 0) is 12.1 Å². The summed E-state index contributed by atoms with van der Waals surface area (Å²) in [6.07, 6.45) is 0.253. The van der Waals surface area contributed by atoms with E-state index in [9.17, 15) is 9.59 Å². The van der Waals surface area contributed by atoms with E-state index in [2.05, 4.69) is 17.2 Å². The molecule has 0 bridgehead atoms. The van der Waals surface area contributed by atoms with Crippen LogP contribution < -0.4 is 5.32 Å². The molecule has 0 unspecified atom stereocenters. The summed E-state index contributed by atoms with van der Waals surface area (Å²) in [5.74, 6) is 4.97. The van der Waals surface area contributed by atoms with Crippen LogP contribution in [-0.2, 0) is 4.79 Å². The van der Waals surface area contributed by atoms with Crippen LogP contribution in [0.2, 0.25) is 0 Å². The van der Waals surface area contributed by atoms with E-state index >= 15 is 0 Å². The molecule has 0 aliphatic rings. The van der Waals surface area contributed by atoms with Gasteiger partial charge in [0.05, 0.1) is 5.56 Å². The van der Waals surface area contributed by atoms with Crippen molar-refractivity contribution in [1.82, 2.24) is 10.2 Å². The average Bonchev–Trinajstić information content (AvgIpc) is 2.49. The SMILES string of the molecule is CNC(=O)CCN(C)C(=O)c1ccccc1C#CCO. The first kappa shape index (κ1) is 15.7. The third kappa shape index (κ3) is 4.41. The molecule has 0 aromatic heterocycles. The van der Waals surface area contributed by atoms with Gasteiger partial charge in [-0.15, -0.1) is 0 Å². The first-order valence-electron chi connectivity index (χ1n) is 6.25. The maximum absolute atomic E-state index is 12.3. The zero-order valence-electron chi connectivity index (χ0n) is 11.6. The number of hydrogen-bond acceptors (Lipinski definition) is 3. The maximum atomic E-state index is 12.3. The van der Waals surface area contributed by atoms with E-state index in [0.717, 1.165) is 0 Å². The average molecular weight is 274 g/mol. The zero-order valence-corrected chi connectivity index (χ0v) is 11.6. The van der Waals surface area contributed by atoms with Crippen LogP contribution in [0.3, 0.4) is 0 Å². The molecule has 20 heavy (non-hydrogen) atoms. The van der Waals surface area contributed by atoms with Crippen LogP contribution in [0, 0.1) is 11.8 Å². The second-order valence-electron chi connectivity index (χ2n) is 4.16. The molecule has 0 heterocycles. The molecule has 5 nitrogen and oxygen atoms in total. The van der Waals surface area contributed by atoms with Gasteiger partial charge in [-0.1, -0.05) is 24.0 Å². The van der Waals surface area contributed by atoms with Crippen molar-refractivity contribution in [3.63, 3.8) is 0 Å². The van der Waals surface area contributed by atoms with Gasteiger partial charge in [0.1, 0.15) is 6.61 Å². The molecule has 0 aliphatic heterocycles. The van der Waals surface area contributed by atoms with E-state index in [-0.39, 0.29) is 24.8 Å². The summed E-state index contributed by atoms with van der Waals surface area (Å²) in [7, 11) is 3.20. The van der Waals surface area contributed by atoms with Crippen LogP contribution in [0.4, 0.5) is 0 Å². The van der Waals surface area contributed by atoms with Gasteiger partial charge in [0, 0.05) is 32.6 Å². The molecule has 0 aliphatic carbocycles. The van der Waals surface area contributed by atoms with Gasteiger partial charge in [-0.2, -0.15) is 0 Å². The number of benzene rings is 1. The molecule has 5 heteroatoms. The number of hydrogen-bond donors (Lipinski definition) is 2. The molecule has 0 saturated heterocycles. The van der Waals surface area contributed by atoms with E-state index in [4.69, 9.17) is 5.11 Å². The Balaban J connectivity index is 2.83. The van der Waals surface area contributed by atoms with Crippen molar-refractivity contribution in [3.8, 4) is 11.8 Å². The minimum absolute atomic E-state index is 0.113. The first-order valence-corrected chi connectivity index (χ1v) is 6.25. The van der Waals surface area contributed by atoms with Crippen molar-refractivity contribution in [2.24, 2.45) is 0 Å². The Hall–Kier alpha value is -2.32. The number of carbonyl (C=O) groups excluding carboxylic acids is 2. The number of aliphatic hydroxyl groups excluding tert-OH is 1. The van der Waals surface area contributed by atoms with Crippen molar-refractivity contribution in [1.29, 1.82) is 0 Å².